The van der Waals surface area contributed by atoms with Crippen molar-refractivity contribution in [1.82, 2.24) is 9.97 Å². The molecular weight excluding hydrogens is 268 g/mol. The second-order valence-electron chi connectivity index (χ2n) is 3.78. The maximum Gasteiger partial charge on any atom is 0.190 e. The molecule has 0 saturated carbocycles. The van der Waals surface area contributed by atoms with Gasteiger partial charge < -0.3 is 11.1 Å². The summed E-state index contributed by atoms with van der Waals surface area (Å²) >= 11 is 7.36. The van der Waals surface area contributed by atoms with Gasteiger partial charge in [0.05, 0.1) is 11.4 Å². The predicted molar refractivity (Wildman–Crippen MR) is 77.7 cm³/mol. The van der Waals surface area contributed by atoms with Gasteiger partial charge in [0.2, 0.25) is 0 Å². The normalized spacial score (nSPS) is 10.4. The number of nitrogens with one attached hydrogen (secondary N) is 1. The van der Waals surface area contributed by atoms with Crippen molar-refractivity contribution in [2.45, 2.75) is 12.1 Å². The molecule has 2 aromatic rings. The van der Waals surface area contributed by atoms with E-state index in [0.29, 0.717) is 21.8 Å². The Bertz CT molecular complexity index is 574. The minimum atomic E-state index is 0.405. The molecule has 0 aliphatic heterocycles. The van der Waals surface area contributed by atoms with Crippen molar-refractivity contribution in [3.8, 4) is 0 Å². The van der Waals surface area contributed by atoms with Crippen molar-refractivity contribution in [1.29, 1.82) is 0 Å². The van der Waals surface area contributed by atoms with Gasteiger partial charge in [0.15, 0.2) is 5.16 Å². The fourth-order valence-electron chi connectivity index (χ4n) is 1.49. The van der Waals surface area contributed by atoms with E-state index in [1.807, 2.05) is 31.4 Å². The van der Waals surface area contributed by atoms with Crippen LogP contribution in [0.2, 0.25) is 5.15 Å². The molecule has 94 valence electrons. The molecule has 0 unspecified atom stereocenters. The van der Waals surface area contributed by atoms with E-state index < -0.39 is 0 Å². The highest BCUT2D eigenvalue weighted by atomic mass is 35.5. The van der Waals surface area contributed by atoms with Crippen molar-refractivity contribution >= 4 is 40.6 Å². The van der Waals surface area contributed by atoms with Crippen LogP contribution in [0.4, 0.5) is 17.2 Å². The van der Waals surface area contributed by atoms with E-state index in [4.69, 9.17) is 17.3 Å². The van der Waals surface area contributed by atoms with Crippen LogP contribution in [0.5, 0.6) is 0 Å². The van der Waals surface area contributed by atoms with Crippen LogP contribution >= 0.6 is 23.4 Å². The first-order chi connectivity index (χ1) is 8.58. The number of benzene rings is 1. The van der Waals surface area contributed by atoms with E-state index in [1.165, 1.54) is 11.8 Å². The monoisotopic (exact) mass is 280 g/mol. The fraction of sp³-hybridized carbons (Fsp3) is 0.167. The van der Waals surface area contributed by atoms with Gasteiger partial charge in [-0.1, -0.05) is 29.4 Å². The molecule has 0 radical (unpaired) electrons. The number of halogens is 1. The van der Waals surface area contributed by atoms with Crippen LogP contribution in [-0.2, 0) is 0 Å². The summed E-state index contributed by atoms with van der Waals surface area (Å²) in [5.74, 6) is 0.634. The molecule has 0 aliphatic carbocycles. The predicted octanol–water partition coefficient (Wildman–Crippen LogP) is 3.49. The molecule has 3 N–H and O–H groups in total. The maximum atomic E-state index is 5.93. The Morgan fingerprint density at radius 3 is 2.72 bits per heavy atom. The van der Waals surface area contributed by atoms with Crippen molar-refractivity contribution < 1.29 is 0 Å². The third-order valence-corrected chi connectivity index (χ3v) is 3.07. The van der Waals surface area contributed by atoms with Crippen LogP contribution < -0.4 is 11.1 Å². The van der Waals surface area contributed by atoms with Crippen LogP contribution in [0.25, 0.3) is 0 Å². The Morgan fingerprint density at radius 1 is 1.28 bits per heavy atom. The Labute approximate surface area is 115 Å². The average molecular weight is 281 g/mol. The lowest BCUT2D eigenvalue weighted by Gasteiger charge is -2.10. The molecule has 0 bridgehead atoms. The first kappa shape index (κ1) is 13.0. The highest BCUT2D eigenvalue weighted by Gasteiger charge is 2.05. The molecule has 2 rings (SSSR count). The number of hydrogen-bond donors (Lipinski definition) is 2. The largest absolute Gasteiger partial charge is 0.397 e. The zero-order valence-corrected chi connectivity index (χ0v) is 11.6. The molecule has 4 nitrogen and oxygen atoms in total. The van der Waals surface area contributed by atoms with Crippen molar-refractivity contribution in [2.75, 3.05) is 17.3 Å². The molecule has 18 heavy (non-hydrogen) atoms. The molecule has 0 fully saturated rings. The highest BCUT2D eigenvalue weighted by Crippen LogP contribution is 2.25. The smallest absolute Gasteiger partial charge is 0.190 e. The van der Waals surface area contributed by atoms with Gasteiger partial charge in [-0.25, -0.2) is 9.97 Å². The summed E-state index contributed by atoms with van der Waals surface area (Å²) in [6.07, 6.45) is 1.90. The molecule has 6 heteroatoms. The summed E-state index contributed by atoms with van der Waals surface area (Å²) in [6.45, 7) is 1.99. The third-order valence-electron chi connectivity index (χ3n) is 2.33. The maximum absolute atomic E-state index is 5.93. The number of nitrogen functional groups attached to an aromatic ring is 1. The first-order valence-corrected chi connectivity index (χ1v) is 6.90. The van der Waals surface area contributed by atoms with Crippen LogP contribution in [0.1, 0.15) is 5.56 Å². The molecular formula is C12H13ClN4S. The third kappa shape index (κ3) is 3.05. The molecule has 1 heterocycles. The number of nitrogens with two attached hydrogens (primary N) is 1. The summed E-state index contributed by atoms with van der Waals surface area (Å²) in [6, 6.07) is 7.47. The van der Waals surface area contributed by atoms with Crippen molar-refractivity contribution in [3.63, 3.8) is 0 Å². The second kappa shape index (κ2) is 5.46. The quantitative estimate of drug-likeness (QED) is 0.390. The van der Waals surface area contributed by atoms with E-state index in [2.05, 4.69) is 15.3 Å². The van der Waals surface area contributed by atoms with Gasteiger partial charge in [-0.2, -0.15) is 0 Å². The van der Waals surface area contributed by atoms with Gasteiger partial charge in [-0.15, -0.1) is 0 Å². The summed E-state index contributed by atoms with van der Waals surface area (Å²) in [5.41, 5.74) is 8.53. The lowest BCUT2D eigenvalue weighted by Crippen LogP contribution is -2.00. The number of hydrogen-bond acceptors (Lipinski definition) is 5. The van der Waals surface area contributed by atoms with Crippen LogP contribution in [-0.4, -0.2) is 16.2 Å². The van der Waals surface area contributed by atoms with Crippen LogP contribution in [0.3, 0.4) is 0 Å². The summed E-state index contributed by atoms with van der Waals surface area (Å²) in [4.78, 5) is 8.39. The Kier molecular flexibility index (Phi) is 3.93. The molecule has 0 amide bonds. The highest BCUT2D eigenvalue weighted by molar-refractivity contribution is 7.98. The second-order valence-corrected chi connectivity index (χ2v) is 4.94. The van der Waals surface area contributed by atoms with Crippen molar-refractivity contribution in [3.05, 3.63) is 35.0 Å². The molecule has 0 aliphatic rings. The fourth-order valence-corrected chi connectivity index (χ4v) is 2.10. The van der Waals surface area contributed by atoms with E-state index in [-0.39, 0.29) is 0 Å². The summed E-state index contributed by atoms with van der Waals surface area (Å²) < 4.78 is 0. The van der Waals surface area contributed by atoms with Crippen LogP contribution in [0.15, 0.2) is 29.4 Å². The number of aromatic nitrogens is 2. The molecule has 1 aromatic heterocycles. The Hall–Kier alpha value is -1.46. The number of aryl methyl sites for hydroxylation is 1. The molecule has 0 saturated heterocycles. The first-order valence-electron chi connectivity index (χ1n) is 5.30. The van der Waals surface area contributed by atoms with E-state index >= 15 is 0 Å². The molecule has 1 aromatic carbocycles. The Morgan fingerprint density at radius 2 is 2.06 bits per heavy atom. The van der Waals surface area contributed by atoms with Gasteiger partial charge in [0, 0.05) is 6.07 Å². The molecule has 0 atom stereocenters. The van der Waals surface area contributed by atoms with Gasteiger partial charge in [0.25, 0.3) is 0 Å². The summed E-state index contributed by atoms with van der Waals surface area (Å²) in [5, 5.41) is 4.17. The number of rotatable bonds is 3. The zero-order valence-electron chi connectivity index (χ0n) is 10.1. The number of nitrogens with zero attached hydrogens (tertiary/aromatic N) is 2. The Balaban J connectivity index is 2.30. The van der Waals surface area contributed by atoms with E-state index in [1.54, 1.807) is 6.07 Å². The minimum absolute atomic E-state index is 0.405. The van der Waals surface area contributed by atoms with Gasteiger partial charge >= 0.3 is 0 Å². The van der Waals surface area contributed by atoms with Gasteiger partial charge in [-0.05, 0) is 30.9 Å². The SMILES string of the molecule is CSc1nc(Cl)cc(Nc2ccc(C)cc2N)n1. The van der Waals surface area contributed by atoms with Gasteiger partial charge in [-0.3, -0.25) is 0 Å². The van der Waals surface area contributed by atoms with Crippen LogP contribution in [0, 0.1) is 6.92 Å². The average Bonchev–Trinajstić information content (AvgIpc) is 2.32. The molecule has 0 spiro atoms. The minimum Gasteiger partial charge on any atom is -0.397 e. The number of thioether (sulfide) groups is 1. The zero-order chi connectivity index (χ0) is 13.1. The lowest BCUT2D eigenvalue weighted by molar-refractivity contribution is 0.976. The lowest BCUT2D eigenvalue weighted by atomic mass is 10.2. The topological polar surface area (TPSA) is 63.8 Å². The van der Waals surface area contributed by atoms with Gasteiger partial charge in [0.1, 0.15) is 11.0 Å². The van der Waals surface area contributed by atoms with E-state index in [9.17, 15) is 0 Å². The number of anilines is 3. The van der Waals surface area contributed by atoms with Crippen molar-refractivity contribution in [2.24, 2.45) is 0 Å². The summed E-state index contributed by atoms with van der Waals surface area (Å²) in [7, 11) is 0. The standard InChI is InChI=1S/C12H13ClN4S/c1-7-3-4-9(8(14)5-7)15-11-6-10(13)16-12(17-11)18-2/h3-6H,14H2,1-2H3,(H,15,16,17). The van der Waals surface area contributed by atoms with E-state index in [0.717, 1.165) is 11.3 Å².